The Labute approximate surface area is 251 Å². The number of benzene rings is 2. The van der Waals surface area contributed by atoms with Crippen molar-refractivity contribution >= 4 is 75.3 Å². The minimum atomic E-state index is -0.583. The molecule has 1 amide bonds. The van der Waals surface area contributed by atoms with Gasteiger partial charge >= 0.3 is 0 Å². The van der Waals surface area contributed by atoms with Gasteiger partial charge in [-0.2, -0.15) is 0 Å². The van der Waals surface area contributed by atoms with Gasteiger partial charge in [-0.25, -0.2) is 9.97 Å². The standard InChI is InChI=1S/C17H16Cl2N2O2.C12H8Cl2N2O/c1-17(2,3)16(23)21-13-5-4-11(18)9-12(13)15(22)10-6-7-20-14(19)8-10;13-8-1-2-10(15)9(6-8)12(17)7-3-4-16-11(14)5-7/h4-9H,1-3H3,(H,21,23);1-6H,15H2. The minimum Gasteiger partial charge on any atom is -0.398 e. The van der Waals surface area contributed by atoms with Crippen LogP contribution in [0.4, 0.5) is 11.4 Å². The first-order chi connectivity index (χ1) is 18.8. The van der Waals surface area contributed by atoms with E-state index in [2.05, 4.69) is 15.3 Å². The molecule has 0 aliphatic heterocycles. The molecular weight excluding hydrogens is 594 g/mol. The summed E-state index contributed by atoms with van der Waals surface area (Å²) < 4.78 is 0. The zero-order valence-corrected chi connectivity index (χ0v) is 24.7. The molecule has 0 spiro atoms. The van der Waals surface area contributed by atoms with Gasteiger partial charge in [0, 0.05) is 55.8 Å². The number of hydrogen-bond acceptors (Lipinski definition) is 6. The molecular formula is C29H24Cl4N4O3. The number of amides is 1. The summed E-state index contributed by atoms with van der Waals surface area (Å²) in [6, 6.07) is 15.6. The van der Waals surface area contributed by atoms with Crippen LogP contribution in [0, 0.1) is 5.41 Å². The SMILES string of the molecule is CC(C)(C)C(=O)Nc1ccc(Cl)cc1C(=O)c1ccnc(Cl)c1.Nc1ccc(Cl)cc1C(=O)c1ccnc(Cl)c1. The van der Waals surface area contributed by atoms with Crippen LogP contribution in [0.5, 0.6) is 0 Å². The van der Waals surface area contributed by atoms with E-state index in [1.165, 1.54) is 36.7 Å². The van der Waals surface area contributed by atoms with Crippen molar-refractivity contribution in [3.05, 3.63) is 116 Å². The summed E-state index contributed by atoms with van der Waals surface area (Å²) >= 11 is 23.4. The number of rotatable bonds is 5. The minimum absolute atomic E-state index is 0.193. The molecule has 0 fully saturated rings. The van der Waals surface area contributed by atoms with Gasteiger partial charge in [-0.1, -0.05) is 67.2 Å². The average Bonchev–Trinajstić information content (AvgIpc) is 2.90. The molecule has 0 atom stereocenters. The van der Waals surface area contributed by atoms with E-state index < -0.39 is 5.41 Å². The third-order valence-electron chi connectivity index (χ3n) is 5.39. The van der Waals surface area contributed by atoms with E-state index >= 15 is 0 Å². The number of pyridine rings is 2. The molecule has 0 aliphatic carbocycles. The van der Waals surface area contributed by atoms with Crippen LogP contribution in [0.3, 0.4) is 0 Å². The molecule has 2 heterocycles. The topological polar surface area (TPSA) is 115 Å². The van der Waals surface area contributed by atoms with E-state index in [0.717, 1.165) is 0 Å². The lowest BCUT2D eigenvalue weighted by atomic mass is 9.95. The van der Waals surface area contributed by atoms with Crippen molar-refractivity contribution in [2.75, 3.05) is 11.1 Å². The van der Waals surface area contributed by atoms with Gasteiger partial charge in [0.2, 0.25) is 5.91 Å². The molecule has 0 unspecified atom stereocenters. The largest absolute Gasteiger partial charge is 0.398 e. The fourth-order valence-electron chi connectivity index (χ4n) is 3.25. The number of nitrogens with two attached hydrogens (primary N) is 1. The van der Waals surface area contributed by atoms with Gasteiger partial charge in [0.1, 0.15) is 10.3 Å². The number of nitrogen functional groups attached to an aromatic ring is 1. The number of aromatic nitrogens is 2. The molecule has 7 nitrogen and oxygen atoms in total. The molecule has 4 aromatic rings. The molecule has 11 heteroatoms. The highest BCUT2D eigenvalue weighted by molar-refractivity contribution is 6.32. The van der Waals surface area contributed by atoms with Crippen molar-refractivity contribution < 1.29 is 14.4 Å². The van der Waals surface area contributed by atoms with Crippen molar-refractivity contribution in [1.82, 2.24) is 9.97 Å². The van der Waals surface area contributed by atoms with Crippen LogP contribution in [0.15, 0.2) is 73.1 Å². The monoisotopic (exact) mass is 616 g/mol. The smallest absolute Gasteiger partial charge is 0.229 e. The quantitative estimate of drug-likeness (QED) is 0.134. The lowest BCUT2D eigenvalue weighted by Crippen LogP contribution is -2.28. The molecule has 0 radical (unpaired) electrons. The van der Waals surface area contributed by atoms with Crippen molar-refractivity contribution in [2.45, 2.75) is 20.8 Å². The Morgan fingerprint density at radius 1 is 0.700 bits per heavy atom. The van der Waals surface area contributed by atoms with Crippen molar-refractivity contribution in [2.24, 2.45) is 5.41 Å². The summed E-state index contributed by atoms with van der Waals surface area (Å²) in [5.74, 6) is -0.711. The van der Waals surface area contributed by atoms with Crippen molar-refractivity contribution in [3.63, 3.8) is 0 Å². The normalized spacial score (nSPS) is 10.8. The van der Waals surface area contributed by atoms with Gasteiger partial charge in [0.05, 0.1) is 5.69 Å². The second-order valence-corrected chi connectivity index (χ2v) is 11.2. The van der Waals surface area contributed by atoms with E-state index in [9.17, 15) is 14.4 Å². The zero-order chi connectivity index (χ0) is 29.6. The first-order valence-corrected chi connectivity index (χ1v) is 13.3. The first-order valence-electron chi connectivity index (χ1n) is 11.7. The number of carbonyl (C=O) groups is 3. The number of nitrogens with one attached hydrogen (secondary N) is 1. The molecule has 206 valence electrons. The number of halogens is 4. The Balaban J connectivity index is 0.000000230. The van der Waals surface area contributed by atoms with Gasteiger partial charge in [0.15, 0.2) is 11.6 Å². The highest BCUT2D eigenvalue weighted by Gasteiger charge is 2.24. The molecule has 0 saturated heterocycles. The molecule has 0 aliphatic rings. The van der Waals surface area contributed by atoms with Gasteiger partial charge in [-0.05, 0) is 60.7 Å². The van der Waals surface area contributed by atoms with Gasteiger partial charge < -0.3 is 11.1 Å². The Morgan fingerprint density at radius 2 is 1.18 bits per heavy atom. The van der Waals surface area contributed by atoms with E-state index in [4.69, 9.17) is 52.1 Å². The molecule has 40 heavy (non-hydrogen) atoms. The predicted octanol–water partition coefficient (Wildman–Crippen LogP) is 7.81. The molecule has 2 aromatic carbocycles. The summed E-state index contributed by atoms with van der Waals surface area (Å²) in [5.41, 5.74) is 7.41. The lowest BCUT2D eigenvalue weighted by Gasteiger charge is -2.19. The second kappa shape index (κ2) is 13.2. The van der Waals surface area contributed by atoms with Gasteiger partial charge in [-0.3, -0.25) is 14.4 Å². The van der Waals surface area contributed by atoms with Crippen LogP contribution >= 0.6 is 46.4 Å². The zero-order valence-electron chi connectivity index (χ0n) is 21.6. The van der Waals surface area contributed by atoms with Gasteiger partial charge in [-0.15, -0.1) is 0 Å². The molecule has 4 rings (SSSR count). The van der Waals surface area contributed by atoms with Gasteiger partial charge in [0.25, 0.3) is 0 Å². The highest BCUT2D eigenvalue weighted by Crippen LogP contribution is 2.26. The number of carbonyl (C=O) groups excluding carboxylic acids is 3. The van der Waals surface area contributed by atoms with Crippen LogP contribution in [0.2, 0.25) is 20.4 Å². The second-order valence-electron chi connectivity index (χ2n) is 9.52. The van der Waals surface area contributed by atoms with E-state index in [0.29, 0.717) is 43.7 Å². The Hall–Kier alpha value is -3.49. The summed E-state index contributed by atoms with van der Waals surface area (Å²) in [4.78, 5) is 44.7. The Morgan fingerprint density at radius 3 is 1.68 bits per heavy atom. The van der Waals surface area contributed by atoms with Crippen LogP contribution in [-0.4, -0.2) is 27.4 Å². The van der Waals surface area contributed by atoms with Crippen molar-refractivity contribution in [3.8, 4) is 0 Å². The summed E-state index contributed by atoms with van der Waals surface area (Å²) in [7, 11) is 0. The maximum absolute atomic E-state index is 12.7. The molecule has 0 bridgehead atoms. The number of anilines is 2. The van der Waals surface area contributed by atoms with E-state index in [-0.39, 0.29) is 27.8 Å². The summed E-state index contributed by atoms with van der Waals surface area (Å²) in [6.45, 7) is 5.38. The van der Waals surface area contributed by atoms with Crippen LogP contribution in [-0.2, 0) is 4.79 Å². The predicted molar refractivity (Wildman–Crippen MR) is 161 cm³/mol. The van der Waals surface area contributed by atoms with E-state index in [1.807, 2.05) is 0 Å². The van der Waals surface area contributed by atoms with E-state index in [1.54, 1.807) is 57.2 Å². The van der Waals surface area contributed by atoms with Crippen LogP contribution < -0.4 is 11.1 Å². The first kappa shape index (κ1) is 31.0. The third kappa shape index (κ3) is 8.26. The fraction of sp³-hybridized carbons (Fsp3) is 0.138. The fourth-order valence-corrected chi connectivity index (χ4v) is 3.94. The maximum atomic E-state index is 12.7. The van der Waals surface area contributed by atoms with Crippen molar-refractivity contribution in [1.29, 1.82) is 0 Å². The number of nitrogens with zero attached hydrogens (tertiary/aromatic N) is 2. The number of ketones is 2. The third-order valence-corrected chi connectivity index (χ3v) is 6.28. The van der Waals surface area contributed by atoms with Crippen LogP contribution in [0.25, 0.3) is 0 Å². The summed E-state index contributed by atoms with van der Waals surface area (Å²) in [5, 5.41) is 4.12. The lowest BCUT2D eigenvalue weighted by molar-refractivity contribution is -0.123. The number of hydrogen-bond donors (Lipinski definition) is 2. The highest BCUT2D eigenvalue weighted by atomic mass is 35.5. The molecule has 0 saturated carbocycles. The van der Waals surface area contributed by atoms with Crippen LogP contribution in [0.1, 0.15) is 52.6 Å². The molecule has 2 aromatic heterocycles. The Kier molecular flexibility index (Phi) is 10.3. The molecule has 3 N–H and O–H groups in total. The maximum Gasteiger partial charge on any atom is 0.229 e. The average molecular weight is 618 g/mol. The summed E-state index contributed by atoms with van der Waals surface area (Å²) in [6.07, 6.45) is 2.92. The Bertz CT molecular complexity index is 1590.